The number of nitrogens with zero attached hydrogens (tertiary/aromatic N) is 3. The lowest BCUT2D eigenvalue weighted by molar-refractivity contribution is -0.111. The molecule has 0 spiro atoms. The maximum absolute atomic E-state index is 12.2. The average molecular weight is 555 g/mol. The number of amides is 1. The van der Waals surface area contributed by atoms with Gasteiger partial charge >= 0.3 is 0 Å². The van der Waals surface area contributed by atoms with Crippen LogP contribution in [0.15, 0.2) is 65.8 Å². The van der Waals surface area contributed by atoms with Crippen molar-refractivity contribution in [1.29, 1.82) is 0 Å². The monoisotopic (exact) mass is 554 g/mol. The molecule has 1 amide bonds. The quantitative estimate of drug-likeness (QED) is 0.160. The zero-order chi connectivity index (χ0) is 29.5. The first-order valence-corrected chi connectivity index (χ1v) is 14.8. The maximum Gasteiger partial charge on any atom is 0.247 e. The van der Waals surface area contributed by atoms with E-state index in [0.717, 1.165) is 55.1 Å². The number of benzene rings is 2. The number of para-hydroxylation sites is 1. The minimum absolute atomic E-state index is 0.241. The Hall–Kier alpha value is -3.84. The van der Waals surface area contributed by atoms with Crippen LogP contribution in [0.3, 0.4) is 0 Å². The first-order valence-electron chi connectivity index (χ1n) is 14.8. The van der Waals surface area contributed by atoms with Crippen LogP contribution in [0, 0.1) is 12.8 Å². The van der Waals surface area contributed by atoms with Crippen LogP contribution in [0.2, 0.25) is 0 Å². The summed E-state index contributed by atoms with van der Waals surface area (Å²) in [6.45, 7) is 15.4. The summed E-state index contributed by atoms with van der Waals surface area (Å²) < 4.78 is 2.41. The van der Waals surface area contributed by atoms with Crippen LogP contribution < -0.4 is 16.0 Å². The fourth-order valence-corrected chi connectivity index (χ4v) is 5.60. The van der Waals surface area contributed by atoms with E-state index in [1.165, 1.54) is 40.1 Å². The molecule has 41 heavy (non-hydrogen) atoms. The number of anilines is 3. The van der Waals surface area contributed by atoms with Gasteiger partial charge in [-0.15, -0.1) is 0 Å². The van der Waals surface area contributed by atoms with E-state index in [1.54, 1.807) is 0 Å². The Kier molecular flexibility index (Phi) is 10.1. The van der Waals surface area contributed by atoms with E-state index in [1.807, 2.05) is 20.2 Å². The summed E-state index contributed by atoms with van der Waals surface area (Å²) in [7, 11) is 4.08. The molecule has 1 atom stereocenters. The summed E-state index contributed by atoms with van der Waals surface area (Å²) in [5.41, 5.74) is 9.91. The highest BCUT2D eigenvalue weighted by Gasteiger charge is 2.22. The molecule has 0 bridgehead atoms. The summed E-state index contributed by atoms with van der Waals surface area (Å²) in [5, 5.41) is 11.2. The van der Waals surface area contributed by atoms with Crippen LogP contribution in [-0.4, -0.2) is 54.9 Å². The zero-order valence-electron chi connectivity index (χ0n) is 25.6. The molecule has 0 aliphatic carbocycles. The summed E-state index contributed by atoms with van der Waals surface area (Å²) in [6, 6.07) is 10.7. The highest BCUT2D eigenvalue weighted by molar-refractivity contribution is 6.20. The third-order valence-corrected chi connectivity index (χ3v) is 8.00. The number of nitrogens with one attached hydrogen (secondary N) is 3. The Morgan fingerprint density at radius 3 is 2.71 bits per heavy atom. The fourth-order valence-electron chi connectivity index (χ4n) is 5.60. The van der Waals surface area contributed by atoms with Crippen molar-refractivity contribution in [3.8, 4) is 0 Å². The van der Waals surface area contributed by atoms with Gasteiger partial charge in [0.15, 0.2) is 0 Å². The van der Waals surface area contributed by atoms with Gasteiger partial charge < -0.3 is 25.4 Å². The van der Waals surface area contributed by atoms with E-state index >= 15 is 0 Å². The Labute approximate surface area is 245 Å². The third-order valence-electron chi connectivity index (χ3n) is 8.00. The molecular weight excluding hydrogens is 508 g/mol. The molecule has 4 rings (SSSR count). The summed E-state index contributed by atoms with van der Waals surface area (Å²) >= 11 is 0. The van der Waals surface area contributed by atoms with Crippen molar-refractivity contribution in [3.63, 3.8) is 0 Å². The van der Waals surface area contributed by atoms with Gasteiger partial charge in [0.05, 0.1) is 22.6 Å². The van der Waals surface area contributed by atoms with Gasteiger partial charge in [-0.1, -0.05) is 44.7 Å². The van der Waals surface area contributed by atoms with Gasteiger partial charge in [0.2, 0.25) is 5.91 Å². The van der Waals surface area contributed by atoms with Crippen LogP contribution in [0.4, 0.5) is 17.1 Å². The van der Waals surface area contributed by atoms with Gasteiger partial charge in [-0.3, -0.25) is 9.79 Å². The molecule has 3 aromatic rings. The molecule has 1 unspecified atom stereocenters. The third kappa shape index (κ3) is 6.91. The molecule has 0 saturated heterocycles. The van der Waals surface area contributed by atoms with Crippen molar-refractivity contribution in [1.82, 2.24) is 9.47 Å². The Bertz CT molecular complexity index is 1460. The number of aromatic nitrogens is 1. The van der Waals surface area contributed by atoms with Gasteiger partial charge in [-0.2, -0.15) is 0 Å². The van der Waals surface area contributed by atoms with E-state index in [2.05, 4.69) is 96.2 Å². The van der Waals surface area contributed by atoms with Gasteiger partial charge in [-0.05, 0) is 88.0 Å². The van der Waals surface area contributed by atoms with Gasteiger partial charge in [-0.25, -0.2) is 0 Å². The fraction of sp³-hybridized carbons (Fsp3) is 0.412. The summed E-state index contributed by atoms with van der Waals surface area (Å²) in [4.78, 5) is 19.6. The van der Waals surface area contributed by atoms with Crippen molar-refractivity contribution in [2.45, 2.75) is 53.5 Å². The predicted molar refractivity (Wildman–Crippen MR) is 176 cm³/mol. The maximum atomic E-state index is 12.2. The van der Waals surface area contributed by atoms with Crippen molar-refractivity contribution in [2.24, 2.45) is 10.9 Å². The van der Waals surface area contributed by atoms with Crippen LogP contribution in [0.1, 0.15) is 50.3 Å². The van der Waals surface area contributed by atoms with E-state index in [4.69, 9.17) is 4.99 Å². The van der Waals surface area contributed by atoms with Crippen molar-refractivity contribution < 1.29 is 4.79 Å². The lowest BCUT2D eigenvalue weighted by Crippen LogP contribution is -2.21. The lowest BCUT2D eigenvalue weighted by atomic mass is 9.90. The number of allylic oxidation sites excluding steroid dienone is 2. The van der Waals surface area contributed by atoms with E-state index < -0.39 is 0 Å². The van der Waals surface area contributed by atoms with E-state index in [9.17, 15) is 4.79 Å². The predicted octanol–water partition coefficient (Wildman–Crippen LogP) is 6.85. The number of hydrogen-bond acceptors (Lipinski definition) is 5. The number of hydrogen-bond donors (Lipinski definition) is 3. The second-order valence-electron chi connectivity index (χ2n) is 11.2. The highest BCUT2D eigenvalue weighted by Crippen LogP contribution is 2.33. The van der Waals surface area contributed by atoms with Crippen LogP contribution in [0.5, 0.6) is 0 Å². The largest absolute Gasteiger partial charge is 0.382 e. The molecule has 1 aliphatic rings. The second kappa shape index (κ2) is 13.7. The standard InChI is InChI=1S/C34H46N6O/c1-8-23(4)26(9-2)33(28-21-40-17-12-14-25-13-11-15-27(28)34(25)40)37-22-36-29-20-31(38-32(41)10-3)30(19-24(29)5)35-16-18-39(6)7/h9-11,13,15,19-21,23,35-36H,3,8,12,14,16-18,22H2,1-2,4-7H3,(H,38,41)/b26-9-,37-33?. The summed E-state index contributed by atoms with van der Waals surface area (Å²) in [6.07, 6.45) is 9.16. The molecule has 7 heteroatoms. The average Bonchev–Trinajstić information content (AvgIpc) is 3.34. The number of rotatable bonds is 13. The molecule has 2 aromatic carbocycles. The smallest absolute Gasteiger partial charge is 0.247 e. The van der Waals surface area contributed by atoms with Crippen molar-refractivity contribution >= 4 is 39.6 Å². The normalized spacial score (nSPS) is 14.3. The zero-order valence-corrected chi connectivity index (χ0v) is 25.6. The van der Waals surface area contributed by atoms with Crippen molar-refractivity contribution in [3.05, 3.63) is 77.5 Å². The molecule has 1 aromatic heterocycles. The van der Waals surface area contributed by atoms with Gasteiger partial charge in [0.25, 0.3) is 0 Å². The molecule has 0 fully saturated rings. The SMILES string of the molecule is C=CC(=O)Nc1cc(NCN=C(/C(=C\C)C(C)CC)c2cn3c4c(cccc24)CCC3)c(C)cc1NCCN(C)C. The molecule has 3 N–H and O–H groups in total. The van der Waals surface area contributed by atoms with Crippen LogP contribution >= 0.6 is 0 Å². The molecule has 218 valence electrons. The Morgan fingerprint density at radius 2 is 2.00 bits per heavy atom. The molecule has 1 aliphatic heterocycles. The van der Waals surface area contributed by atoms with Crippen LogP contribution in [0.25, 0.3) is 10.9 Å². The minimum Gasteiger partial charge on any atom is -0.382 e. The Morgan fingerprint density at radius 1 is 1.20 bits per heavy atom. The molecule has 7 nitrogen and oxygen atoms in total. The van der Waals surface area contributed by atoms with E-state index in [-0.39, 0.29) is 5.91 Å². The van der Waals surface area contributed by atoms with Crippen molar-refractivity contribution in [2.75, 3.05) is 49.8 Å². The number of likely N-dealkylation sites (N-methyl/N-ethyl adjacent to an activating group) is 1. The Balaban J connectivity index is 1.68. The van der Waals surface area contributed by atoms with Gasteiger partial charge in [0, 0.05) is 42.5 Å². The summed E-state index contributed by atoms with van der Waals surface area (Å²) in [5.74, 6) is 0.149. The number of carbonyl (C=O) groups excluding carboxylic acids is 1. The molecule has 0 saturated carbocycles. The van der Waals surface area contributed by atoms with Crippen LogP contribution in [-0.2, 0) is 17.8 Å². The van der Waals surface area contributed by atoms with Gasteiger partial charge in [0.1, 0.15) is 6.67 Å². The highest BCUT2D eigenvalue weighted by atomic mass is 16.1. The first kappa shape index (κ1) is 30.1. The number of carbonyl (C=O) groups is 1. The lowest BCUT2D eigenvalue weighted by Gasteiger charge is -2.19. The molecule has 0 radical (unpaired) electrons. The molecular formula is C34H46N6O. The topological polar surface area (TPSA) is 73.7 Å². The number of aryl methyl sites for hydroxylation is 3. The van der Waals surface area contributed by atoms with E-state index in [0.29, 0.717) is 18.3 Å². The second-order valence-corrected chi connectivity index (χ2v) is 11.2. The minimum atomic E-state index is -0.241. The number of aliphatic imine (C=N–C) groups is 1. The molecule has 2 heterocycles. The first-order chi connectivity index (χ1) is 19.8.